The molecule has 0 saturated carbocycles. The fraction of sp³-hybridized carbons (Fsp3) is 0.120. The van der Waals surface area contributed by atoms with Crippen LogP contribution in [-0.4, -0.2) is 36.2 Å². The minimum atomic E-state index is -1.08. The summed E-state index contributed by atoms with van der Waals surface area (Å²) in [5.41, 5.74) is 1.79. The van der Waals surface area contributed by atoms with Gasteiger partial charge in [-0.15, -0.1) is 0 Å². The molecule has 0 spiro atoms. The van der Waals surface area contributed by atoms with Crippen LogP contribution in [0.25, 0.3) is 0 Å². The summed E-state index contributed by atoms with van der Waals surface area (Å²) in [5.74, 6) is -2.75. The van der Waals surface area contributed by atoms with E-state index < -0.39 is 36.2 Å². The third-order valence-corrected chi connectivity index (χ3v) is 5.71. The first-order valence-electron chi connectivity index (χ1n) is 10.2. The van der Waals surface area contributed by atoms with Crippen molar-refractivity contribution in [3.63, 3.8) is 0 Å². The van der Waals surface area contributed by atoms with Crippen LogP contribution in [0.5, 0.6) is 0 Å². The van der Waals surface area contributed by atoms with Crippen molar-refractivity contribution >= 4 is 56.6 Å². The number of esters is 1. The van der Waals surface area contributed by atoms with Gasteiger partial charge in [0.15, 0.2) is 6.61 Å². The van der Waals surface area contributed by atoms with E-state index in [1.165, 1.54) is 17.9 Å². The van der Waals surface area contributed by atoms with Gasteiger partial charge in [-0.3, -0.25) is 24.2 Å². The zero-order valence-electron chi connectivity index (χ0n) is 17.6. The van der Waals surface area contributed by atoms with Gasteiger partial charge in [0.25, 0.3) is 17.6 Å². The van der Waals surface area contributed by atoms with Crippen LogP contribution in [-0.2, 0) is 19.1 Å². The van der Waals surface area contributed by atoms with E-state index in [9.17, 15) is 19.2 Å². The molecule has 0 saturated heterocycles. The minimum absolute atomic E-state index is 0.212. The Balaban J connectivity index is 1.50. The first-order valence-corrected chi connectivity index (χ1v) is 10.9. The second-order valence-electron chi connectivity index (χ2n) is 7.35. The Kier molecular flexibility index (Phi) is 6.37. The average molecular weight is 507 g/mol. The Hall–Kier alpha value is -3.78. The summed E-state index contributed by atoms with van der Waals surface area (Å²) in [6, 6.07) is 21.7. The summed E-state index contributed by atoms with van der Waals surface area (Å²) >= 11 is 3.28. The number of carbonyl (C=O) groups is 4. The Labute approximate surface area is 198 Å². The molecular weight excluding hydrogens is 488 g/mol. The van der Waals surface area contributed by atoms with Gasteiger partial charge in [0.1, 0.15) is 6.04 Å². The number of ether oxygens (including phenoxy) is 1. The van der Waals surface area contributed by atoms with Crippen LogP contribution in [0, 0.1) is 0 Å². The lowest BCUT2D eigenvalue weighted by Gasteiger charge is -2.25. The van der Waals surface area contributed by atoms with Gasteiger partial charge in [-0.2, -0.15) is 0 Å². The fourth-order valence-corrected chi connectivity index (χ4v) is 3.99. The van der Waals surface area contributed by atoms with Crippen molar-refractivity contribution in [3.8, 4) is 0 Å². The van der Waals surface area contributed by atoms with Gasteiger partial charge in [-0.25, -0.2) is 4.79 Å². The number of rotatable bonds is 6. The van der Waals surface area contributed by atoms with Crippen molar-refractivity contribution in [1.82, 2.24) is 0 Å². The maximum Gasteiger partial charge on any atom is 0.329 e. The summed E-state index contributed by atoms with van der Waals surface area (Å²) in [4.78, 5) is 53.2. The number of nitrogens with zero attached hydrogens (tertiary/aromatic N) is 2. The highest BCUT2D eigenvalue weighted by Crippen LogP contribution is 2.33. The van der Waals surface area contributed by atoms with E-state index in [0.717, 1.165) is 4.90 Å². The maximum absolute atomic E-state index is 13.1. The van der Waals surface area contributed by atoms with Crippen molar-refractivity contribution in [2.45, 2.75) is 13.0 Å². The highest BCUT2D eigenvalue weighted by Gasteiger charge is 2.41. The molecule has 7 nitrogen and oxygen atoms in total. The normalized spacial score (nSPS) is 13.5. The number of anilines is 3. The molecule has 4 rings (SSSR count). The number of amides is 2. The summed E-state index contributed by atoms with van der Waals surface area (Å²) in [6.07, 6.45) is 0. The number of hydrogen-bond acceptors (Lipinski definition) is 5. The number of ketones is 1. The highest BCUT2D eigenvalue weighted by molar-refractivity contribution is 9.10. The molecule has 0 fully saturated rings. The molecule has 166 valence electrons. The summed E-state index contributed by atoms with van der Waals surface area (Å²) in [5, 5.41) is 0. The monoisotopic (exact) mass is 506 g/mol. The van der Waals surface area contributed by atoms with Crippen molar-refractivity contribution in [1.29, 1.82) is 0 Å². The highest BCUT2D eigenvalue weighted by atomic mass is 79.9. The SMILES string of the molecule is CC(C(=O)OCC(=O)N(c1ccccc1)c1ccccc1)N1C(=O)C(=O)c2cc(Br)ccc21. The predicted octanol–water partition coefficient (Wildman–Crippen LogP) is 4.28. The molecule has 1 aliphatic heterocycles. The van der Waals surface area contributed by atoms with E-state index >= 15 is 0 Å². The molecule has 0 aliphatic carbocycles. The first kappa shape index (κ1) is 22.4. The fourth-order valence-electron chi connectivity index (χ4n) is 3.63. The number of benzene rings is 3. The molecule has 0 radical (unpaired) electrons. The van der Waals surface area contributed by atoms with Gasteiger partial charge in [-0.05, 0) is 49.4 Å². The molecule has 0 N–H and O–H groups in total. The summed E-state index contributed by atoms with van der Waals surface area (Å²) in [6.45, 7) is 0.928. The number of halogens is 1. The Morgan fingerprint density at radius 1 is 0.939 bits per heavy atom. The third-order valence-electron chi connectivity index (χ3n) is 5.22. The van der Waals surface area contributed by atoms with Gasteiger partial charge in [0.05, 0.1) is 11.3 Å². The van der Waals surface area contributed by atoms with Crippen LogP contribution < -0.4 is 9.80 Å². The standard InChI is InChI=1S/C25H19BrN2O5/c1-16(27-21-13-12-17(26)14-20(21)23(30)24(27)31)25(32)33-15-22(29)28(18-8-4-2-5-9-18)19-10-6-3-7-11-19/h2-14,16H,15H2,1H3. The van der Waals surface area contributed by atoms with E-state index in [4.69, 9.17) is 4.74 Å². The zero-order chi connectivity index (χ0) is 23.5. The summed E-state index contributed by atoms with van der Waals surface area (Å²) in [7, 11) is 0. The zero-order valence-corrected chi connectivity index (χ0v) is 19.2. The molecule has 1 aliphatic rings. The molecule has 8 heteroatoms. The number of hydrogen-bond donors (Lipinski definition) is 0. The largest absolute Gasteiger partial charge is 0.454 e. The quantitative estimate of drug-likeness (QED) is 0.368. The Morgan fingerprint density at radius 3 is 2.09 bits per heavy atom. The van der Waals surface area contributed by atoms with Gasteiger partial charge in [0.2, 0.25) is 0 Å². The van der Waals surface area contributed by atoms with Crippen molar-refractivity contribution in [2.24, 2.45) is 0 Å². The minimum Gasteiger partial charge on any atom is -0.454 e. The molecule has 0 aromatic heterocycles. The lowest BCUT2D eigenvalue weighted by molar-refractivity contribution is -0.149. The van der Waals surface area contributed by atoms with Crippen molar-refractivity contribution in [3.05, 3.63) is 88.9 Å². The number of carbonyl (C=O) groups excluding carboxylic acids is 4. The smallest absolute Gasteiger partial charge is 0.329 e. The third kappa shape index (κ3) is 4.42. The Bertz CT molecular complexity index is 1190. The van der Waals surface area contributed by atoms with E-state index in [1.807, 2.05) is 12.1 Å². The topological polar surface area (TPSA) is 84.0 Å². The molecule has 33 heavy (non-hydrogen) atoms. The molecule has 3 aromatic carbocycles. The van der Waals surface area contributed by atoms with E-state index in [2.05, 4.69) is 15.9 Å². The van der Waals surface area contributed by atoms with Crippen LogP contribution in [0.3, 0.4) is 0 Å². The van der Waals surface area contributed by atoms with E-state index in [-0.39, 0.29) is 5.56 Å². The van der Waals surface area contributed by atoms with Crippen molar-refractivity contribution in [2.75, 3.05) is 16.4 Å². The van der Waals surface area contributed by atoms with Crippen molar-refractivity contribution < 1.29 is 23.9 Å². The first-order chi connectivity index (χ1) is 15.9. The van der Waals surface area contributed by atoms with Crippen LogP contribution in [0.4, 0.5) is 17.1 Å². The molecular formula is C25H19BrN2O5. The second kappa shape index (κ2) is 9.38. The van der Waals surface area contributed by atoms with E-state index in [0.29, 0.717) is 21.5 Å². The van der Waals surface area contributed by atoms with Crippen LogP contribution in [0.2, 0.25) is 0 Å². The molecule has 1 unspecified atom stereocenters. The summed E-state index contributed by atoms with van der Waals surface area (Å²) < 4.78 is 5.93. The van der Waals surface area contributed by atoms with Crippen LogP contribution >= 0.6 is 15.9 Å². The lowest BCUT2D eigenvalue weighted by Crippen LogP contribution is -2.44. The molecule has 0 bridgehead atoms. The van der Waals surface area contributed by atoms with E-state index in [1.54, 1.807) is 60.7 Å². The average Bonchev–Trinajstić information content (AvgIpc) is 3.08. The molecule has 2 amide bonds. The molecule has 1 atom stereocenters. The second-order valence-corrected chi connectivity index (χ2v) is 8.27. The van der Waals surface area contributed by atoms with Gasteiger partial charge in [0, 0.05) is 15.8 Å². The number of para-hydroxylation sites is 2. The van der Waals surface area contributed by atoms with Gasteiger partial charge in [-0.1, -0.05) is 52.3 Å². The van der Waals surface area contributed by atoms with Gasteiger partial charge >= 0.3 is 5.97 Å². The number of fused-ring (bicyclic) bond motifs is 1. The molecule has 3 aromatic rings. The predicted molar refractivity (Wildman–Crippen MR) is 126 cm³/mol. The molecule has 1 heterocycles. The maximum atomic E-state index is 13.1. The number of Topliss-reactive ketones (excluding diaryl/α,β-unsaturated/α-hetero) is 1. The lowest BCUT2D eigenvalue weighted by atomic mass is 10.1. The van der Waals surface area contributed by atoms with Crippen LogP contribution in [0.1, 0.15) is 17.3 Å². The van der Waals surface area contributed by atoms with Crippen LogP contribution in [0.15, 0.2) is 83.3 Å². The Morgan fingerprint density at radius 2 is 1.52 bits per heavy atom. The van der Waals surface area contributed by atoms with Gasteiger partial charge < -0.3 is 4.74 Å².